The Kier molecular flexibility index (Phi) is 6.02. The number of likely N-dealkylation sites (tertiary alicyclic amines) is 1. The second kappa shape index (κ2) is 6.90. The van der Waals surface area contributed by atoms with Crippen LogP contribution in [0.3, 0.4) is 0 Å². The maximum absolute atomic E-state index is 11.8. The summed E-state index contributed by atoms with van der Waals surface area (Å²) in [5.74, 6) is 0.618. The highest BCUT2D eigenvalue weighted by atomic mass is 16.5. The minimum Gasteiger partial charge on any atom is -0.468 e. The van der Waals surface area contributed by atoms with Gasteiger partial charge in [0, 0.05) is 6.54 Å². The smallest absolute Gasteiger partial charge is 0.325 e. The fraction of sp³-hybridized carbons (Fsp3) is 0.938. The fourth-order valence-corrected chi connectivity index (χ4v) is 2.95. The molecule has 0 amide bonds. The van der Waals surface area contributed by atoms with E-state index in [0.29, 0.717) is 5.41 Å². The van der Waals surface area contributed by atoms with Crippen molar-refractivity contribution < 1.29 is 9.53 Å². The van der Waals surface area contributed by atoms with Crippen molar-refractivity contribution in [2.45, 2.75) is 52.5 Å². The molecule has 0 bridgehead atoms. The second-order valence-electron chi connectivity index (χ2n) is 7.33. The molecule has 0 aliphatic carbocycles. The Labute approximate surface area is 124 Å². The predicted molar refractivity (Wildman–Crippen MR) is 82.7 cm³/mol. The Balaban J connectivity index is 2.37. The number of ether oxygens (including phenoxy) is 1. The first-order chi connectivity index (χ1) is 9.23. The third-order valence-electron chi connectivity index (χ3n) is 4.84. The van der Waals surface area contributed by atoms with Gasteiger partial charge in [0.05, 0.1) is 7.11 Å². The second-order valence-corrected chi connectivity index (χ2v) is 7.33. The quantitative estimate of drug-likeness (QED) is 0.760. The van der Waals surface area contributed by atoms with Crippen molar-refractivity contribution in [3.63, 3.8) is 0 Å². The summed E-state index contributed by atoms with van der Waals surface area (Å²) in [6.07, 6.45) is 3.12. The SMILES string of the molecule is CNC(C)(CCCN1CCC(C(C)(C)C)C1)C(=O)OC. The number of hydrogen-bond donors (Lipinski definition) is 1. The first-order valence-corrected chi connectivity index (χ1v) is 7.72. The molecule has 1 heterocycles. The molecule has 1 rings (SSSR count). The predicted octanol–water partition coefficient (Wildman–Crippen LogP) is 2.29. The largest absolute Gasteiger partial charge is 0.468 e. The molecule has 1 aliphatic rings. The van der Waals surface area contributed by atoms with E-state index in [-0.39, 0.29) is 5.97 Å². The molecule has 0 aromatic rings. The molecule has 1 N–H and O–H groups in total. The van der Waals surface area contributed by atoms with Crippen molar-refractivity contribution in [2.24, 2.45) is 11.3 Å². The molecule has 1 saturated heterocycles. The van der Waals surface area contributed by atoms with Crippen LogP contribution in [0.2, 0.25) is 0 Å². The van der Waals surface area contributed by atoms with Crippen molar-refractivity contribution in [1.82, 2.24) is 10.2 Å². The van der Waals surface area contributed by atoms with E-state index in [1.165, 1.54) is 26.6 Å². The van der Waals surface area contributed by atoms with Crippen LogP contribution in [-0.2, 0) is 9.53 Å². The number of esters is 1. The lowest BCUT2D eigenvalue weighted by Crippen LogP contribution is -2.48. The van der Waals surface area contributed by atoms with Crippen LogP contribution in [0.25, 0.3) is 0 Å². The van der Waals surface area contributed by atoms with E-state index in [0.717, 1.165) is 25.3 Å². The van der Waals surface area contributed by atoms with Crippen LogP contribution in [0.5, 0.6) is 0 Å². The van der Waals surface area contributed by atoms with Gasteiger partial charge in [0.15, 0.2) is 0 Å². The summed E-state index contributed by atoms with van der Waals surface area (Å²) in [5, 5.41) is 3.09. The number of carbonyl (C=O) groups is 1. The van der Waals surface area contributed by atoms with Crippen LogP contribution >= 0.6 is 0 Å². The van der Waals surface area contributed by atoms with Crippen molar-refractivity contribution in [3.8, 4) is 0 Å². The van der Waals surface area contributed by atoms with E-state index in [1.807, 2.05) is 14.0 Å². The van der Waals surface area contributed by atoms with Gasteiger partial charge in [0.2, 0.25) is 0 Å². The van der Waals surface area contributed by atoms with Crippen LogP contribution in [0.4, 0.5) is 0 Å². The molecule has 1 aliphatic heterocycles. The Morgan fingerprint density at radius 3 is 2.45 bits per heavy atom. The van der Waals surface area contributed by atoms with Gasteiger partial charge < -0.3 is 15.0 Å². The molecule has 4 nitrogen and oxygen atoms in total. The van der Waals surface area contributed by atoms with Crippen LogP contribution in [-0.4, -0.2) is 50.2 Å². The molecule has 0 aromatic heterocycles. The highest BCUT2D eigenvalue weighted by Crippen LogP contribution is 2.33. The zero-order valence-electron chi connectivity index (χ0n) is 14.1. The maximum atomic E-state index is 11.8. The van der Waals surface area contributed by atoms with E-state index in [1.54, 1.807) is 0 Å². The van der Waals surface area contributed by atoms with Crippen molar-refractivity contribution in [1.29, 1.82) is 0 Å². The van der Waals surface area contributed by atoms with Crippen molar-refractivity contribution >= 4 is 5.97 Å². The molecule has 118 valence electrons. The summed E-state index contributed by atoms with van der Waals surface area (Å²) in [5.41, 5.74) is -0.155. The van der Waals surface area contributed by atoms with Gasteiger partial charge >= 0.3 is 5.97 Å². The van der Waals surface area contributed by atoms with Crippen LogP contribution in [0, 0.1) is 11.3 Å². The van der Waals surface area contributed by atoms with Gasteiger partial charge in [0.25, 0.3) is 0 Å². The van der Waals surface area contributed by atoms with Gasteiger partial charge in [-0.05, 0) is 57.7 Å². The zero-order valence-corrected chi connectivity index (χ0v) is 14.1. The number of carbonyl (C=O) groups excluding carboxylic acids is 1. The van der Waals surface area contributed by atoms with Crippen molar-refractivity contribution in [3.05, 3.63) is 0 Å². The summed E-state index contributed by atoms with van der Waals surface area (Å²) in [7, 11) is 3.27. The molecule has 1 fully saturated rings. The van der Waals surface area contributed by atoms with Gasteiger partial charge in [-0.1, -0.05) is 20.8 Å². The van der Waals surface area contributed by atoms with Crippen LogP contribution in [0.15, 0.2) is 0 Å². The number of nitrogens with zero attached hydrogens (tertiary/aromatic N) is 1. The average Bonchev–Trinajstić information content (AvgIpc) is 2.86. The summed E-state index contributed by atoms with van der Waals surface area (Å²) >= 11 is 0. The molecule has 20 heavy (non-hydrogen) atoms. The van der Waals surface area contributed by atoms with Crippen LogP contribution < -0.4 is 5.32 Å². The highest BCUT2D eigenvalue weighted by Gasteiger charge is 2.34. The summed E-state index contributed by atoms with van der Waals surface area (Å²) < 4.78 is 4.88. The number of nitrogens with one attached hydrogen (secondary N) is 1. The molecule has 0 spiro atoms. The van der Waals surface area contributed by atoms with Gasteiger partial charge in [0.1, 0.15) is 5.54 Å². The molecule has 0 radical (unpaired) electrons. The minimum absolute atomic E-state index is 0.172. The van der Waals surface area contributed by atoms with Gasteiger partial charge in [-0.2, -0.15) is 0 Å². The molecular formula is C16H32N2O2. The minimum atomic E-state index is -0.558. The monoisotopic (exact) mass is 284 g/mol. The number of rotatable bonds is 6. The maximum Gasteiger partial charge on any atom is 0.325 e. The number of hydrogen-bond acceptors (Lipinski definition) is 4. The van der Waals surface area contributed by atoms with E-state index in [9.17, 15) is 4.79 Å². The molecule has 0 saturated carbocycles. The van der Waals surface area contributed by atoms with E-state index >= 15 is 0 Å². The summed E-state index contributed by atoms with van der Waals surface area (Å²) in [4.78, 5) is 14.3. The van der Waals surface area contributed by atoms with E-state index < -0.39 is 5.54 Å². The van der Waals surface area contributed by atoms with E-state index in [2.05, 4.69) is 31.0 Å². The lowest BCUT2D eigenvalue weighted by molar-refractivity contribution is -0.148. The summed E-state index contributed by atoms with van der Waals surface area (Å²) in [6, 6.07) is 0. The summed E-state index contributed by atoms with van der Waals surface area (Å²) in [6.45, 7) is 12.4. The van der Waals surface area contributed by atoms with Crippen molar-refractivity contribution in [2.75, 3.05) is 33.8 Å². The first-order valence-electron chi connectivity index (χ1n) is 7.72. The molecule has 2 unspecified atom stereocenters. The van der Waals surface area contributed by atoms with Gasteiger partial charge in [-0.15, -0.1) is 0 Å². The topological polar surface area (TPSA) is 41.6 Å². The first kappa shape index (κ1) is 17.4. The normalized spacial score (nSPS) is 23.6. The number of likely N-dealkylation sites (N-methyl/N-ethyl adjacent to an activating group) is 1. The lowest BCUT2D eigenvalue weighted by Gasteiger charge is -2.28. The third kappa shape index (κ3) is 4.45. The number of methoxy groups -OCH3 is 1. The Bertz CT molecular complexity index is 325. The van der Waals surface area contributed by atoms with E-state index in [4.69, 9.17) is 4.74 Å². The molecule has 2 atom stereocenters. The Hall–Kier alpha value is -0.610. The highest BCUT2D eigenvalue weighted by molar-refractivity contribution is 5.80. The van der Waals surface area contributed by atoms with Gasteiger partial charge in [-0.3, -0.25) is 4.79 Å². The average molecular weight is 284 g/mol. The molecule has 0 aromatic carbocycles. The van der Waals surface area contributed by atoms with Crippen LogP contribution in [0.1, 0.15) is 47.0 Å². The fourth-order valence-electron chi connectivity index (χ4n) is 2.95. The third-order valence-corrected chi connectivity index (χ3v) is 4.84. The standard InChI is InChI=1S/C16H32N2O2/c1-15(2,3)13-8-11-18(12-13)10-7-9-16(4,17-5)14(19)20-6/h13,17H,7-12H2,1-6H3. The Morgan fingerprint density at radius 2 is 2.00 bits per heavy atom. The Morgan fingerprint density at radius 1 is 1.35 bits per heavy atom. The lowest BCUT2D eigenvalue weighted by atomic mass is 9.80. The van der Waals surface area contributed by atoms with Gasteiger partial charge in [-0.25, -0.2) is 0 Å². The molecule has 4 heteroatoms. The zero-order chi connectivity index (χ0) is 15.4. The molecular weight excluding hydrogens is 252 g/mol.